The van der Waals surface area contributed by atoms with E-state index in [4.69, 9.17) is 7.26 Å². The van der Waals surface area contributed by atoms with Crippen LogP contribution in [0.4, 0.5) is 14.7 Å². The molecule has 166 valence electrons. The van der Waals surface area contributed by atoms with Gasteiger partial charge in [-0.3, -0.25) is 4.79 Å². The normalized spacial score (nSPS) is 24.5. The number of amides is 1. The number of anilines is 1. The summed E-state index contributed by atoms with van der Waals surface area (Å²) in [5.41, 5.74) is 0.00646. The predicted molar refractivity (Wildman–Crippen MR) is 108 cm³/mol. The molecule has 10 heteroatoms. The third kappa shape index (κ3) is 3.65. The number of fused-ring (bicyclic) bond motifs is 1. The number of alkyl halides is 2. The molecule has 0 radical (unpaired) electrons. The summed E-state index contributed by atoms with van der Waals surface area (Å²) in [5, 5.41) is 3.83. The molecular weight excluding hydrogens is 406 g/mol. The highest BCUT2D eigenvalue weighted by atomic mass is 19.3. The van der Waals surface area contributed by atoms with Crippen LogP contribution in [0.3, 0.4) is 0 Å². The maximum absolute atomic E-state index is 14.5. The molecule has 2 fully saturated rings. The molecule has 8 nitrogen and oxygen atoms in total. The SMILES string of the molecule is [2H]C([2H])(C(=O)N1CCC(C)CC1)c1nc(-c2nc(N3CC[C@@H]3C)nc3c2CCC3(F)F)no1. The summed E-state index contributed by atoms with van der Waals surface area (Å²) in [7, 11) is 0. The van der Waals surface area contributed by atoms with Crippen molar-refractivity contribution >= 4 is 11.9 Å². The second-order valence-corrected chi connectivity index (χ2v) is 8.76. The Morgan fingerprint density at radius 2 is 1.97 bits per heavy atom. The summed E-state index contributed by atoms with van der Waals surface area (Å²) >= 11 is 0. The summed E-state index contributed by atoms with van der Waals surface area (Å²) in [6, 6.07) is 0.130. The Kier molecular flexibility index (Phi) is 4.34. The van der Waals surface area contributed by atoms with Crippen LogP contribution in [0.15, 0.2) is 4.52 Å². The van der Waals surface area contributed by atoms with Gasteiger partial charge in [-0.25, -0.2) is 9.97 Å². The minimum Gasteiger partial charge on any atom is -0.342 e. The fourth-order valence-corrected chi connectivity index (χ4v) is 4.29. The summed E-state index contributed by atoms with van der Waals surface area (Å²) in [4.78, 5) is 28.9. The van der Waals surface area contributed by atoms with Crippen molar-refractivity contribution in [3.05, 3.63) is 17.1 Å². The molecular formula is C21H26F2N6O2. The van der Waals surface area contributed by atoms with Crippen molar-refractivity contribution in [2.45, 2.75) is 64.3 Å². The van der Waals surface area contributed by atoms with Gasteiger partial charge in [-0.05, 0) is 38.5 Å². The molecule has 0 saturated carbocycles. The first-order valence-corrected chi connectivity index (χ1v) is 10.8. The lowest BCUT2D eigenvalue weighted by atomic mass is 9.99. The lowest BCUT2D eigenvalue weighted by Crippen LogP contribution is -2.47. The van der Waals surface area contributed by atoms with Crippen LogP contribution >= 0.6 is 0 Å². The summed E-state index contributed by atoms with van der Waals surface area (Å²) < 4.78 is 50.9. The maximum atomic E-state index is 14.5. The Labute approximate surface area is 181 Å². The van der Waals surface area contributed by atoms with Gasteiger partial charge in [0.1, 0.15) is 17.8 Å². The van der Waals surface area contributed by atoms with Crippen LogP contribution in [-0.4, -0.2) is 56.6 Å². The molecule has 3 aliphatic rings. The topological polar surface area (TPSA) is 88.3 Å². The zero-order valence-corrected chi connectivity index (χ0v) is 17.6. The van der Waals surface area contributed by atoms with E-state index in [-0.39, 0.29) is 47.6 Å². The van der Waals surface area contributed by atoms with Gasteiger partial charge in [-0.2, -0.15) is 13.8 Å². The number of rotatable bonds is 4. The average Bonchev–Trinajstić information content (AvgIpc) is 3.38. The Morgan fingerprint density at radius 1 is 1.19 bits per heavy atom. The van der Waals surface area contributed by atoms with E-state index in [0.29, 0.717) is 25.6 Å². The molecule has 0 N–H and O–H groups in total. The van der Waals surface area contributed by atoms with Gasteiger partial charge >= 0.3 is 0 Å². The quantitative estimate of drug-likeness (QED) is 0.731. The highest BCUT2D eigenvalue weighted by Crippen LogP contribution is 2.44. The van der Waals surface area contributed by atoms with Crippen LogP contribution in [0.2, 0.25) is 0 Å². The molecule has 2 saturated heterocycles. The summed E-state index contributed by atoms with van der Waals surface area (Å²) in [6.07, 6.45) is -0.349. The summed E-state index contributed by atoms with van der Waals surface area (Å²) in [5.74, 6) is -3.78. The van der Waals surface area contributed by atoms with E-state index in [1.807, 2.05) is 11.8 Å². The second-order valence-electron chi connectivity index (χ2n) is 8.76. The molecule has 1 aliphatic carbocycles. The largest absolute Gasteiger partial charge is 0.342 e. The zero-order chi connectivity index (χ0) is 23.5. The van der Waals surface area contributed by atoms with Crippen LogP contribution in [0, 0.1) is 5.92 Å². The van der Waals surface area contributed by atoms with Crippen LogP contribution in [0.5, 0.6) is 0 Å². The standard InChI is InChI=1S/C21H26F2N6O2/c1-12-4-8-28(9-5-12)16(30)11-15-24-19(27-31-15)17-14-3-7-21(22,23)18(14)26-20(25-17)29-10-6-13(29)2/h12-13H,3-11H2,1-2H3/t13-/m0/s1/i11D2. The minimum absolute atomic E-state index is 0.0508. The van der Waals surface area contributed by atoms with Crippen molar-refractivity contribution in [2.24, 2.45) is 5.92 Å². The van der Waals surface area contributed by atoms with Gasteiger partial charge in [-0.1, -0.05) is 12.1 Å². The van der Waals surface area contributed by atoms with E-state index in [9.17, 15) is 13.6 Å². The minimum atomic E-state index is -3.08. The lowest BCUT2D eigenvalue weighted by molar-refractivity contribution is -0.132. The number of nitrogens with zero attached hydrogens (tertiary/aromatic N) is 6. The molecule has 1 atom stereocenters. The van der Waals surface area contributed by atoms with Crippen molar-refractivity contribution in [2.75, 3.05) is 24.5 Å². The highest BCUT2D eigenvalue weighted by molar-refractivity contribution is 5.78. The van der Waals surface area contributed by atoms with Crippen molar-refractivity contribution in [3.63, 3.8) is 0 Å². The Morgan fingerprint density at radius 3 is 2.65 bits per heavy atom. The van der Waals surface area contributed by atoms with E-state index < -0.39 is 24.1 Å². The number of aromatic nitrogens is 4. The van der Waals surface area contributed by atoms with Crippen LogP contribution in [0.25, 0.3) is 11.5 Å². The highest BCUT2D eigenvalue weighted by Gasteiger charge is 2.44. The Balaban J connectivity index is 1.49. The van der Waals surface area contributed by atoms with Crippen molar-refractivity contribution in [3.8, 4) is 11.5 Å². The molecule has 2 aromatic heterocycles. The van der Waals surface area contributed by atoms with E-state index in [0.717, 1.165) is 19.3 Å². The monoisotopic (exact) mass is 434 g/mol. The number of halogens is 2. The second kappa shape index (κ2) is 7.49. The van der Waals surface area contributed by atoms with Gasteiger partial charge in [0, 0.05) is 40.4 Å². The molecule has 31 heavy (non-hydrogen) atoms. The van der Waals surface area contributed by atoms with Gasteiger partial charge in [0.05, 0.1) is 0 Å². The van der Waals surface area contributed by atoms with Gasteiger partial charge in [0.15, 0.2) is 0 Å². The molecule has 1 amide bonds. The fraction of sp³-hybridized carbons (Fsp3) is 0.667. The number of carbonyl (C=O) groups excluding carboxylic acids is 1. The average molecular weight is 434 g/mol. The van der Waals surface area contributed by atoms with Gasteiger partial charge in [0.25, 0.3) is 5.92 Å². The summed E-state index contributed by atoms with van der Waals surface area (Å²) in [6.45, 7) is 5.65. The fourth-order valence-electron chi connectivity index (χ4n) is 4.29. The maximum Gasteiger partial charge on any atom is 0.290 e. The smallest absolute Gasteiger partial charge is 0.290 e. The Bertz CT molecular complexity index is 1090. The number of hydrogen-bond donors (Lipinski definition) is 0. The van der Waals surface area contributed by atoms with Gasteiger partial charge in [-0.15, -0.1) is 0 Å². The third-order valence-corrected chi connectivity index (χ3v) is 6.53. The number of piperidine rings is 1. The first kappa shape index (κ1) is 18.0. The van der Waals surface area contributed by atoms with E-state index >= 15 is 0 Å². The van der Waals surface area contributed by atoms with Crippen LogP contribution < -0.4 is 4.90 Å². The lowest BCUT2D eigenvalue weighted by Gasteiger charge is -2.39. The molecule has 0 spiro atoms. The van der Waals surface area contributed by atoms with E-state index in [1.165, 1.54) is 4.90 Å². The number of likely N-dealkylation sites (tertiary alicyclic amines) is 1. The van der Waals surface area contributed by atoms with Crippen LogP contribution in [0.1, 0.15) is 59.4 Å². The first-order chi connectivity index (χ1) is 15.6. The molecule has 5 rings (SSSR count). The van der Waals surface area contributed by atoms with Gasteiger partial charge < -0.3 is 14.3 Å². The molecule has 0 bridgehead atoms. The Hall–Kier alpha value is -2.65. The van der Waals surface area contributed by atoms with E-state index in [2.05, 4.69) is 27.0 Å². The number of carbonyl (C=O) groups is 1. The van der Waals surface area contributed by atoms with Crippen molar-refractivity contribution in [1.29, 1.82) is 0 Å². The van der Waals surface area contributed by atoms with Crippen LogP contribution in [-0.2, 0) is 23.5 Å². The molecule has 2 aliphatic heterocycles. The van der Waals surface area contributed by atoms with E-state index in [1.54, 1.807) is 0 Å². The predicted octanol–water partition coefficient (Wildman–Crippen LogP) is 2.96. The third-order valence-electron chi connectivity index (χ3n) is 6.53. The first-order valence-electron chi connectivity index (χ1n) is 11.8. The number of hydrogen-bond acceptors (Lipinski definition) is 7. The zero-order valence-electron chi connectivity index (χ0n) is 19.6. The van der Waals surface area contributed by atoms with Crippen molar-refractivity contribution in [1.82, 2.24) is 25.0 Å². The van der Waals surface area contributed by atoms with Crippen molar-refractivity contribution < 1.29 is 20.8 Å². The molecule has 2 aromatic rings. The molecule has 0 unspecified atom stereocenters. The molecule has 0 aromatic carbocycles. The molecule has 4 heterocycles. The van der Waals surface area contributed by atoms with Gasteiger partial charge in [0.2, 0.25) is 23.6 Å².